The second-order valence-electron chi connectivity index (χ2n) is 5.45. The maximum atomic E-state index is 14.3. The van der Waals surface area contributed by atoms with E-state index < -0.39 is 11.8 Å². The van der Waals surface area contributed by atoms with E-state index in [0.717, 1.165) is 17.8 Å². The Labute approximate surface area is 147 Å². The number of pyridine rings is 2. The van der Waals surface area contributed by atoms with Gasteiger partial charge < -0.3 is 15.8 Å². The molecule has 0 saturated carbocycles. The average Bonchev–Trinajstić information content (AvgIpc) is 2.99. The number of carboxylic acid groups (broad SMARTS) is 1. The molecule has 0 aliphatic carbocycles. The third-order valence-corrected chi connectivity index (χ3v) is 3.79. The number of halogens is 1. The van der Waals surface area contributed by atoms with E-state index in [1.807, 2.05) is 6.07 Å². The Kier molecular flexibility index (Phi) is 4.62. The number of hydrogen-bond acceptors (Lipinski definition) is 4. The molecule has 3 aromatic rings. The number of carbonyl (C=O) groups is 1. The lowest BCUT2D eigenvalue weighted by Crippen LogP contribution is -2.24. The number of nitrogens with two attached hydrogens (primary N) is 1. The van der Waals surface area contributed by atoms with Crippen LogP contribution in [0.4, 0.5) is 4.39 Å². The topological polar surface area (TPSA) is 105 Å². The van der Waals surface area contributed by atoms with Gasteiger partial charge in [-0.05, 0) is 29.4 Å². The number of aromatic amines is 1. The van der Waals surface area contributed by atoms with Crippen LogP contribution in [0.15, 0.2) is 43.4 Å². The minimum atomic E-state index is -1.18. The summed E-state index contributed by atoms with van der Waals surface area (Å²) in [6, 6.07) is 3.62. The molecule has 0 radical (unpaired) electrons. The molecule has 0 spiro atoms. The Morgan fingerprint density at radius 1 is 1.38 bits per heavy atom. The standard InChI is InChI=1S/C19H15FN4O2/c1-11(12-3-2-6-22-9-12)7-14-16(8-21)24-19-18(14)13(4-5-17(25)26)15(20)10-23-19/h2-10H,1,21H2,(H,23,24)(H,25,26)/b5-4+,14-7+,16-8+. The lowest BCUT2D eigenvalue weighted by Gasteiger charge is -2.01. The van der Waals surface area contributed by atoms with Gasteiger partial charge in [0.1, 0.15) is 11.5 Å². The number of aliphatic carboxylic acids is 1. The fraction of sp³-hybridized carbons (Fsp3) is 0. The molecule has 0 aromatic carbocycles. The van der Waals surface area contributed by atoms with Crippen LogP contribution in [0, 0.1) is 5.82 Å². The first-order valence-electron chi connectivity index (χ1n) is 7.61. The zero-order valence-corrected chi connectivity index (χ0v) is 13.6. The number of fused-ring (bicyclic) bond motifs is 1. The van der Waals surface area contributed by atoms with Crippen LogP contribution in [0.2, 0.25) is 0 Å². The van der Waals surface area contributed by atoms with E-state index in [1.54, 1.807) is 24.5 Å². The average molecular weight is 350 g/mol. The molecule has 0 atom stereocenters. The number of nitrogens with one attached hydrogen (secondary N) is 1. The molecule has 0 aliphatic heterocycles. The van der Waals surface area contributed by atoms with E-state index >= 15 is 0 Å². The molecule has 3 rings (SSSR count). The molecule has 3 aromatic heterocycles. The Morgan fingerprint density at radius 2 is 2.19 bits per heavy atom. The number of aromatic nitrogens is 3. The fourth-order valence-corrected chi connectivity index (χ4v) is 2.61. The third kappa shape index (κ3) is 3.23. The molecule has 4 N–H and O–H groups in total. The van der Waals surface area contributed by atoms with E-state index in [-0.39, 0.29) is 5.56 Å². The molecule has 3 heterocycles. The zero-order chi connectivity index (χ0) is 18.7. The molecule has 0 amide bonds. The molecule has 26 heavy (non-hydrogen) atoms. The molecular weight excluding hydrogens is 335 g/mol. The molecule has 6 nitrogen and oxygen atoms in total. The molecule has 0 fully saturated rings. The second kappa shape index (κ2) is 7.02. The molecule has 0 bridgehead atoms. The number of H-pyrrole nitrogens is 1. The highest BCUT2D eigenvalue weighted by Crippen LogP contribution is 2.18. The van der Waals surface area contributed by atoms with Gasteiger partial charge in [0.05, 0.1) is 11.5 Å². The Balaban J connectivity index is 2.34. The van der Waals surface area contributed by atoms with Crippen molar-refractivity contribution >= 4 is 40.9 Å². The number of carboxylic acids is 1. The van der Waals surface area contributed by atoms with Crippen LogP contribution in [0.25, 0.3) is 35.0 Å². The van der Waals surface area contributed by atoms with Crippen LogP contribution >= 0.6 is 0 Å². The molecular formula is C19H15FN4O2. The maximum Gasteiger partial charge on any atom is 0.328 e. The number of rotatable bonds is 4. The molecule has 0 aliphatic rings. The summed E-state index contributed by atoms with van der Waals surface area (Å²) in [7, 11) is 0. The molecule has 0 saturated heterocycles. The van der Waals surface area contributed by atoms with Crippen LogP contribution in [0.3, 0.4) is 0 Å². The lowest BCUT2D eigenvalue weighted by molar-refractivity contribution is -0.131. The highest BCUT2D eigenvalue weighted by molar-refractivity contribution is 5.96. The highest BCUT2D eigenvalue weighted by Gasteiger charge is 2.11. The second-order valence-corrected chi connectivity index (χ2v) is 5.45. The fourth-order valence-electron chi connectivity index (χ4n) is 2.61. The number of hydrogen-bond donors (Lipinski definition) is 3. The summed E-state index contributed by atoms with van der Waals surface area (Å²) in [6.45, 7) is 4.02. The first-order valence-corrected chi connectivity index (χ1v) is 7.61. The van der Waals surface area contributed by atoms with Crippen molar-refractivity contribution in [2.45, 2.75) is 0 Å². The van der Waals surface area contributed by atoms with Gasteiger partial charge in [0.2, 0.25) is 0 Å². The summed E-state index contributed by atoms with van der Waals surface area (Å²) in [5, 5.41) is 10.4. The molecule has 130 valence electrons. The van der Waals surface area contributed by atoms with E-state index in [2.05, 4.69) is 21.5 Å². The van der Waals surface area contributed by atoms with Gasteiger partial charge in [-0.25, -0.2) is 14.2 Å². The van der Waals surface area contributed by atoms with Crippen molar-refractivity contribution in [3.63, 3.8) is 0 Å². The Hall–Kier alpha value is -3.74. The first kappa shape index (κ1) is 17.1. The van der Waals surface area contributed by atoms with Crippen molar-refractivity contribution in [2.24, 2.45) is 5.73 Å². The Morgan fingerprint density at radius 3 is 2.85 bits per heavy atom. The molecule has 0 unspecified atom stereocenters. The van der Waals surface area contributed by atoms with Gasteiger partial charge in [0, 0.05) is 40.8 Å². The van der Waals surface area contributed by atoms with E-state index in [4.69, 9.17) is 10.8 Å². The Bertz CT molecular complexity index is 1150. The molecule has 7 heteroatoms. The predicted octanol–water partition coefficient (Wildman–Crippen LogP) is 1.39. The lowest BCUT2D eigenvalue weighted by atomic mass is 10.1. The van der Waals surface area contributed by atoms with Crippen molar-refractivity contribution in [1.82, 2.24) is 15.0 Å². The minimum absolute atomic E-state index is 0.104. The van der Waals surface area contributed by atoms with Gasteiger partial charge in [0.15, 0.2) is 0 Å². The summed E-state index contributed by atoms with van der Waals surface area (Å²) in [6.07, 6.45) is 9.47. The maximum absolute atomic E-state index is 14.3. The van der Waals surface area contributed by atoms with Gasteiger partial charge in [0.25, 0.3) is 0 Å². The normalized spacial score (nSPS) is 13.0. The van der Waals surface area contributed by atoms with Crippen LogP contribution in [-0.2, 0) is 4.79 Å². The van der Waals surface area contributed by atoms with Gasteiger partial charge in [-0.3, -0.25) is 4.98 Å². The van der Waals surface area contributed by atoms with Crippen molar-refractivity contribution in [2.75, 3.05) is 0 Å². The quantitative estimate of drug-likeness (QED) is 0.617. The summed E-state index contributed by atoms with van der Waals surface area (Å²) >= 11 is 0. The van der Waals surface area contributed by atoms with Crippen LogP contribution in [-0.4, -0.2) is 26.0 Å². The van der Waals surface area contributed by atoms with E-state index in [9.17, 15) is 9.18 Å². The third-order valence-electron chi connectivity index (χ3n) is 3.79. The van der Waals surface area contributed by atoms with E-state index in [1.165, 1.54) is 12.3 Å². The summed E-state index contributed by atoms with van der Waals surface area (Å²) in [5.74, 6) is -1.82. The summed E-state index contributed by atoms with van der Waals surface area (Å²) < 4.78 is 14.3. The first-order chi connectivity index (χ1) is 12.5. The van der Waals surface area contributed by atoms with Gasteiger partial charge in [-0.1, -0.05) is 12.6 Å². The van der Waals surface area contributed by atoms with E-state index in [0.29, 0.717) is 27.2 Å². The largest absolute Gasteiger partial charge is 0.478 e. The monoisotopic (exact) mass is 350 g/mol. The minimum Gasteiger partial charge on any atom is -0.478 e. The zero-order valence-electron chi connectivity index (χ0n) is 13.6. The van der Waals surface area contributed by atoms with Crippen LogP contribution < -0.4 is 16.3 Å². The van der Waals surface area contributed by atoms with Crippen molar-refractivity contribution in [3.05, 3.63) is 70.9 Å². The summed E-state index contributed by atoms with van der Waals surface area (Å²) in [4.78, 5) is 21.9. The van der Waals surface area contributed by atoms with Gasteiger partial charge in [-0.2, -0.15) is 0 Å². The van der Waals surface area contributed by atoms with Crippen LogP contribution in [0.1, 0.15) is 11.1 Å². The van der Waals surface area contributed by atoms with Crippen LogP contribution in [0.5, 0.6) is 0 Å². The highest BCUT2D eigenvalue weighted by atomic mass is 19.1. The van der Waals surface area contributed by atoms with Crippen molar-refractivity contribution in [3.8, 4) is 0 Å². The van der Waals surface area contributed by atoms with Gasteiger partial charge in [-0.15, -0.1) is 0 Å². The number of allylic oxidation sites excluding steroid dienone is 1. The summed E-state index contributed by atoms with van der Waals surface area (Å²) in [5.41, 5.74) is 7.61. The van der Waals surface area contributed by atoms with Crippen molar-refractivity contribution < 1.29 is 14.3 Å². The smallest absolute Gasteiger partial charge is 0.328 e. The SMILES string of the molecule is C=C(/C=c1\c(=C/N)[nH]c2ncc(F)c(/C=C/C(=O)O)c12)c1cccnc1. The van der Waals surface area contributed by atoms with Crippen molar-refractivity contribution in [1.29, 1.82) is 0 Å². The van der Waals surface area contributed by atoms with Gasteiger partial charge >= 0.3 is 5.97 Å². The predicted molar refractivity (Wildman–Crippen MR) is 98.4 cm³/mol. The number of nitrogens with zero attached hydrogens (tertiary/aromatic N) is 2.